The first-order chi connectivity index (χ1) is 11.9. The second-order valence-electron chi connectivity index (χ2n) is 9.38. The molecule has 3 aliphatic heterocycles. The number of likely N-dealkylation sites (tertiary alicyclic amines) is 2. The summed E-state index contributed by atoms with van der Waals surface area (Å²) in [4.78, 5) is 29.4. The normalized spacial score (nSPS) is 32.1. The minimum absolute atomic E-state index is 0.119. The standard InChI is InChI=1S/C20H32N2O3/c1-19(2)13-15(6-12-25-19)18(24)21-10-8-20(9-11-21)7-5-17(23)22(14-20)16-3-4-16/h15-16H,3-14H2,1-2H3/t15-/m1/s1. The van der Waals surface area contributed by atoms with E-state index in [0.717, 1.165) is 51.7 Å². The highest BCUT2D eigenvalue weighted by molar-refractivity contribution is 5.79. The van der Waals surface area contributed by atoms with Crippen molar-refractivity contribution in [2.75, 3.05) is 26.2 Å². The SMILES string of the molecule is CC1(C)C[C@H](C(=O)N2CCC3(CCC(=O)N(C4CC4)C3)CC2)CCO1. The van der Waals surface area contributed by atoms with E-state index >= 15 is 0 Å². The number of hydrogen-bond acceptors (Lipinski definition) is 3. The number of amides is 2. The minimum atomic E-state index is -0.177. The maximum absolute atomic E-state index is 13.0. The van der Waals surface area contributed by atoms with Gasteiger partial charge in [0.15, 0.2) is 0 Å². The Bertz CT molecular complexity index is 547. The number of hydrogen-bond donors (Lipinski definition) is 0. The van der Waals surface area contributed by atoms with Crippen LogP contribution in [-0.4, -0.2) is 59.5 Å². The van der Waals surface area contributed by atoms with Gasteiger partial charge in [0, 0.05) is 44.6 Å². The number of carbonyl (C=O) groups excluding carboxylic acids is 2. The van der Waals surface area contributed by atoms with E-state index in [2.05, 4.69) is 23.6 Å². The second kappa shape index (κ2) is 6.26. The van der Waals surface area contributed by atoms with Crippen LogP contribution in [0.5, 0.6) is 0 Å². The molecular formula is C20H32N2O3. The molecule has 1 spiro atoms. The molecule has 1 aliphatic carbocycles. The summed E-state index contributed by atoms with van der Waals surface area (Å²) in [6, 6.07) is 0.522. The lowest BCUT2D eigenvalue weighted by Crippen LogP contribution is -2.54. The summed E-state index contributed by atoms with van der Waals surface area (Å²) in [5.41, 5.74) is 0.0896. The van der Waals surface area contributed by atoms with Gasteiger partial charge in [-0.1, -0.05) is 0 Å². The van der Waals surface area contributed by atoms with Crippen LogP contribution in [-0.2, 0) is 14.3 Å². The molecule has 3 saturated heterocycles. The number of carbonyl (C=O) groups is 2. The zero-order valence-corrected chi connectivity index (χ0v) is 15.8. The molecule has 1 atom stereocenters. The maximum atomic E-state index is 13.0. The van der Waals surface area contributed by atoms with E-state index in [1.54, 1.807) is 0 Å². The summed E-state index contributed by atoms with van der Waals surface area (Å²) in [6.45, 7) is 7.53. The Kier molecular flexibility index (Phi) is 4.33. The highest BCUT2D eigenvalue weighted by Gasteiger charge is 2.46. The van der Waals surface area contributed by atoms with Crippen LogP contribution in [0.2, 0.25) is 0 Å². The fourth-order valence-electron chi connectivity index (χ4n) is 5.07. The fraction of sp³-hybridized carbons (Fsp3) is 0.900. The number of rotatable bonds is 2. The summed E-state index contributed by atoms with van der Waals surface area (Å²) in [5.74, 6) is 0.807. The molecule has 140 valence electrons. The van der Waals surface area contributed by atoms with Crippen molar-refractivity contribution in [1.82, 2.24) is 9.80 Å². The fourth-order valence-corrected chi connectivity index (χ4v) is 5.07. The van der Waals surface area contributed by atoms with Crippen molar-refractivity contribution in [3.05, 3.63) is 0 Å². The molecule has 25 heavy (non-hydrogen) atoms. The average molecular weight is 348 g/mol. The Morgan fingerprint density at radius 1 is 1.12 bits per heavy atom. The molecule has 4 rings (SSSR count). The van der Waals surface area contributed by atoms with Gasteiger partial charge in [-0.15, -0.1) is 0 Å². The van der Waals surface area contributed by atoms with Gasteiger partial charge in [-0.05, 0) is 64.2 Å². The van der Waals surface area contributed by atoms with Crippen molar-refractivity contribution < 1.29 is 14.3 Å². The van der Waals surface area contributed by atoms with Gasteiger partial charge in [-0.2, -0.15) is 0 Å². The van der Waals surface area contributed by atoms with Crippen LogP contribution in [0, 0.1) is 11.3 Å². The molecule has 0 aromatic carbocycles. The van der Waals surface area contributed by atoms with Crippen molar-refractivity contribution in [1.29, 1.82) is 0 Å². The van der Waals surface area contributed by atoms with Crippen molar-refractivity contribution in [2.24, 2.45) is 11.3 Å². The van der Waals surface area contributed by atoms with Gasteiger partial charge in [0.25, 0.3) is 0 Å². The number of piperidine rings is 2. The number of nitrogens with zero attached hydrogens (tertiary/aromatic N) is 2. The Labute approximate surface area is 151 Å². The molecule has 2 amide bonds. The van der Waals surface area contributed by atoms with E-state index in [4.69, 9.17) is 4.74 Å². The first kappa shape index (κ1) is 17.3. The van der Waals surface area contributed by atoms with Gasteiger partial charge in [0.05, 0.1) is 5.60 Å². The Morgan fingerprint density at radius 2 is 1.84 bits per heavy atom. The lowest BCUT2D eigenvalue weighted by Gasteiger charge is -2.48. The molecule has 5 heteroatoms. The third-order valence-electron chi connectivity index (χ3n) is 6.87. The van der Waals surface area contributed by atoms with E-state index in [1.807, 2.05) is 0 Å². The molecule has 0 aromatic heterocycles. The van der Waals surface area contributed by atoms with Crippen molar-refractivity contribution in [3.8, 4) is 0 Å². The van der Waals surface area contributed by atoms with Gasteiger partial charge in [0.1, 0.15) is 0 Å². The van der Waals surface area contributed by atoms with Gasteiger partial charge < -0.3 is 14.5 Å². The molecular weight excluding hydrogens is 316 g/mol. The summed E-state index contributed by atoms with van der Waals surface area (Å²) in [5, 5.41) is 0. The molecule has 3 heterocycles. The zero-order chi connectivity index (χ0) is 17.7. The summed E-state index contributed by atoms with van der Waals surface area (Å²) in [7, 11) is 0. The van der Waals surface area contributed by atoms with E-state index in [-0.39, 0.29) is 16.9 Å². The predicted octanol–water partition coefficient (Wildman–Crippen LogP) is 2.59. The minimum Gasteiger partial charge on any atom is -0.376 e. The monoisotopic (exact) mass is 348 g/mol. The van der Waals surface area contributed by atoms with Crippen LogP contribution < -0.4 is 0 Å². The lowest BCUT2D eigenvalue weighted by molar-refractivity contribution is -0.150. The van der Waals surface area contributed by atoms with E-state index in [1.165, 1.54) is 12.8 Å². The quantitative estimate of drug-likeness (QED) is 0.771. The van der Waals surface area contributed by atoms with Crippen molar-refractivity contribution in [3.63, 3.8) is 0 Å². The van der Waals surface area contributed by atoms with Crippen LogP contribution >= 0.6 is 0 Å². The van der Waals surface area contributed by atoms with Crippen LogP contribution in [0.15, 0.2) is 0 Å². The molecule has 0 bridgehead atoms. The Hall–Kier alpha value is -1.10. The first-order valence-corrected chi connectivity index (χ1v) is 10.1. The Balaban J connectivity index is 1.35. The van der Waals surface area contributed by atoms with Gasteiger partial charge in [-0.25, -0.2) is 0 Å². The molecule has 0 aromatic rings. The van der Waals surface area contributed by atoms with E-state index < -0.39 is 0 Å². The highest BCUT2D eigenvalue weighted by atomic mass is 16.5. The highest BCUT2D eigenvalue weighted by Crippen LogP contribution is 2.44. The molecule has 4 fully saturated rings. The largest absolute Gasteiger partial charge is 0.376 e. The van der Waals surface area contributed by atoms with Gasteiger partial charge in [-0.3, -0.25) is 9.59 Å². The molecule has 5 nitrogen and oxygen atoms in total. The number of ether oxygens (including phenoxy) is 1. The molecule has 1 saturated carbocycles. The van der Waals surface area contributed by atoms with Gasteiger partial charge >= 0.3 is 0 Å². The first-order valence-electron chi connectivity index (χ1n) is 10.1. The van der Waals surface area contributed by atoms with Crippen LogP contribution in [0.3, 0.4) is 0 Å². The third-order valence-corrected chi connectivity index (χ3v) is 6.87. The summed E-state index contributed by atoms with van der Waals surface area (Å²) < 4.78 is 5.77. The molecule has 0 unspecified atom stereocenters. The van der Waals surface area contributed by atoms with Crippen LogP contribution in [0.1, 0.15) is 65.2 Å². The van der Waals surface area contributed by atoms with Gasteiger partial charge in [0.2, 0.25) is 11.8 Å². The van der Waals surface area contributed by atoms with Crippen LogP contribution in [0.4, 0.5) is 0 Å². The van der Waals surface area contributed by atoms with Crippen molar-refractivity contribution >= 4 is 11.8 Å². The van der Waals surface area contributed by atoms with E-state index in [0.29, 0.717) is 30.9 Å². The molecule has 4 aliphatic rings. The summed E-state index contributed by atoms with van der Waals surface area (Å²) in [6.07, 6.45) is 7.90. The topological polar surface area (TPSA) is 49.9 Å². The second-order valence-corrected chi connectivity index (χ2v) is 9.38. The average Bonchev–Trinajstić information content (AvgIpc) is 3.41. The van der Waals surface area contributed by atoms with Crippen molar-refractivity contribution in [2.45, 2.75) is 76.9 Å². The third kappa shape index (κ3) is 3.57. The van der Waals surface area contributed by atoms with Crippen LogP contribution in [0.25, 0.3) is 0 Å². The molecule has 0 radical (unpaired) electrons. The maximum Gasteiger partial charge on any atom is 0.225 e. The Morgan fingerprint density at radius 3 is 2.48 bits per heavy atom. The lowest BCUT2D eigenvalue weighted by atomic mass is 9.72. The molecule has 0 N–H and O–H groups in total. The smallest absolute Gasteiger partial charge is 0.225 e. The van der Waals surface area contributed by atoms with E-state index in [9.17, 15) is 9.59 Å². The zero-order valence-electron chi connectivity index (χ0n) is 15.8. The summed E-state index contributed by atoms with van der Waals surface area (Å²) >= 11 is 0. The predicted molar refractivity (Wildman–Crippen MR) is 95.0 cm³/mol.